The van der Waals surface area contributed by atoms with E-state index in [0.717, 1.165) is 0 Å². The van der Waals surface area contributed by atoms with E-state index in [9.17, 15) is 13.2 Å². The minimum Gasteiger partial charge on any atom is -0.435 e. The molecule has 2 rings (SSSR count). The van der Waals surface area contributed by atoms with E-state index in [0.29, 0.717) is 22.8 Å². The number of hydrogen-bond donors (Lipinski definition) is 1. The van der Waals surface area contributed by atoms with Gasteiger partial charge < -0.3 is 10.1 Å². The van der Waals surface area contributed by atoms with Crippen molar-refractivity contribution in [3.63, 3.8) is 0 Å². The van der Waals surface area contributed by atoms with Gasteiger partial charge in [0.05, 0.1) is 0 Å². The van der Waals surface area contributed by atoms with Crippen molar-refractivity contribution in [2.24, 2.45) is 0 Å². The molecule has 106 valence electrons. The Labute approximate surface area is 119 Å². The minimum absolute atomic E-state index is 0.0827. The van der Waals surface area contributed by atoms with Crippen molar-refractivity contribution in [3.8, 4) is 5.75 Å². The van der Waals surface area contributed by atoms with Crippen LogP contribution in [0.5, 0.6) is 5.75 Å². The number of nitrogens with one attached hydrogen (secondary N) is 1. The summed E-state index contributed by atoms with van der Waals surface area (Å²) >= 11 is 5.75. The molecule has 0 fully saturated rings. The fraction of sp³-hybridized carbons (Fsp3) is 0.143. The maximum absolute atomic E-state index is 13.1. The average molecular weight is 302 g/mol. The lowest BCUT2D eigenvalue weighted by Gasteiger charge is -2.09. The quantitative estimate of drug-likeness (QED) is 0.865. The summed E-state index contributed by atoms with van der Waals surface area (Å²) in [7, 11) is 0. The van der Waals surface area contributed by atoms with Crippen LogP contribution in [0.2, 0.25) is 5.02 Å². The molecule has 0 unspecified atom stereocenters. The molecule has 0 saturated heterocycles. The number of hydrogen-bond acceptors (Lipinski definition) is 2. The van der Waals surface area contributed by atoms with Gasteiger partial charge in [-0.25, -0.2) is 4.39 Å². The molecule has 0 aromatic heterocycles. The predicted molar refractivity (Wildman–Crippen MR) is 71.8 cm³/mol. The summed E-state index contributed by atoms with van der Waals surface area (Å²) in [6, 6.07) is 10.3. The smallest absolute Gasteiger partial charge is 0.387 e. The molecule has 0 bridgehead atoms. The van der Waals surface area contributed by atoms with E-state index in [4.69, 9.17) is 11.6 Å². The molecule has 0 aliphatic heterocycles. The van der Waals surface area contributed by atoms with Gasteiger partial charge in [0.2, 0.25) is 0 Å². The van der Waals surface area contributed by atoms with Crippen molar-refractivity contribution < 1.29 is 17.9 Å². The largest absolute Gasteiger partial charge is 0.435 e. The highest BCUT2D eigenvalue weighted by Gasteiger charge is 2.04. The van der Waals surface area contributed by atoms with E-state index in [-0.39, 0.29) is 5.75 Å². The second kappa shape index (κ2) is 6.52. The first-order valence-corrected chi connectivity index (χ1v) is 6.14. The van der Waals surface area contributed by atoms with E-state index >= 15 is 0 Å². The lowest BCUT2D eigenvalue weighted by atomic mass is 10.2. The predicted octanol–water partition coefficient (Wildman–Crippen LogP) is 4.69. The summed E-state index contributed by atoms with van der Waals surface area (Å²) in [4.78, 5) is 0. The summed E-state index contributed by atoms with van der Waals surface area (Å²) in [6.45, 7) is -2.48. The van der Waals surface area contributed by atoms with Gasteiger partial charge in [-0.3, -0.25) is 0 Å². The monoisotopic (exact) mass is 301 g/mol. The summed E-state index contributed by atoms with van der Waals surface area (Å²) < 4.78 is 41.3. The summed E-state index contributed by atoms with van der Waals surface area (Å²) in [5.41, 5.74) is 1.38. The van der Waals surface area contributed by atoms with Crippen LogP contribution >= 0.6 is 11.6 Å². The SMILES string of the molecule is Fc1cc(Cl)cc(CNc2ccc(OC(F)F)cc2)c1. The number of halogens is 4. The number of alkyl halides is 2. The molecule has 1 N–H and O–H groups in total. The molecule has 6 heteroatoms. The van der Waals surface area contributed by atoms with Crippen molar-refractivity contribution >= 4 is 17.3 Å². The maximum Gasteiger partial charge on any atom is 0.387 e. The third-order valence-electron chi connectivity index (χ3n) is 2.50. The fourth-order valence-electron chi connectivity index (χ4n) is 1.67. The number of rotatable bonds is 5. The first-order chi connectivity index (χ1) is 9.52. The first kappa shape index (κ1) is 14.5. The summed E-state index contributed by atoms with van der Waals surface area (Å²) in [5, 5.41) is 3.35. The zero-order chi connectivity index (χ0) is 14.5. The molecule has 2 aromatic carbocycles. The topological polar surface area (TPSA) is 21.3 Å². The average Bonchev–Trinajstić information content (AvgIpc) is 2.36. The number of ether oxygens (including phenoxy) is 1. The highest BCUT2D eigenvalue weighted by Crippen LogP contribution is 2.19. The van der Waals surface area contributed by atoms with Gasteiger partial charge in [0, 0.05) is 17.3 Å². The van der Waals surface area contributed by atoms with Crippen LogP contribution in [0.1, 0.15) is 5.56 Å². The maximum atomic E-state index is 13.1. The van der Waals surface area contributed by atoms with Gasteiger partial charge in [0.25, 0.3) is 0 Å². The van der Waals surface area contributed by atoms with Crippen molar-refractivity contribution in [1.29, 1.82) is 0 Å². The Morgan fingerprint density at radius 3 is 2.40 bits per heavy atom. The molecule has 0 saturated carbocycles. The van der Waals surface area contributed by atoms with Gasteiger partial charge >= 0.3 is 6.61 Å². The molecule has 2 aromatic rings. The third-order valence-corrected chi connectivity index (χ3v) is 2.72. The van der Waals surface area contributed by atoms with Crippen molar-refractivity contribution in [3.05, 3.63) is 58.9 Å². The minimum atomic E-state index is -2.84. The van der Waals surface area contributed by atoms with Crippen LogP contribution in [-0.2, 0) is 6.54 Å². The number of benzene rings is 2. The van der Waals surface area contributed by atoms with Crippen LogP contribution in [-0.4, -0.2) is 6.61 Å². The Balaban J connectivity index is 1.96. The van der Waals surface area contributed by atoms with Gasteiger partial charge in [-0.15, -0.1) is 0 Å². The van der Waals surface area contributed by atoms with Crippen LogP contribution < -0.4 is 10.1 Å². The third kappa shape index (κ3) is 4.35. The van der Waals surface area contributed by atoms with Gasteiger partial charge in [0.1, 0.15) is 11.6 Å². The van der Waals surface area contributed by atoms with E-state index in [2.05, 4.69) is 10.1 Å². The highest BCUT2D eigenvalue weighted by molar-refractivity contribution is 6.30. The molecule has 0 aliphatic rings. The van der Waals surface area contributed by atoms with Crippen LogP contribution in [0.25, 0.3) is 0 Å². The standard InChI is InChI=1S/C14H11ClF3NO/c15-10-5-9(6-11(16)7-10)8-19-12-1-3-13(4-2-12)20-14(17)18/h1-7,14,19H,8H2. The van der Waals surface area contributed by atoms with Crippen LogP contribution in [0, 0.1) is 5.82 Å². The first-order valence-electron chi connectivity index (χ1n) is 5.76. The van der Waals surface area contributed by atoms with Crippen LogP contribution in [0.15, 0.2) is 42.5 Å². The molecule has 20 heavy (non-hydrogen) atoms. The Hall–Kier alpha value is -1.88. The summed E-state index contributed by atoms with van der Waals surface area (Å²) in [5.74, 6) is -0.325. The molecule has 0 spiro atoms. The fourth-order valence-corrected chi connectivity index (χ4v) is 1.92. The van der Waals surface area contributed by atoms with Crippen molar-refractivity contribution in [1.82, 2.24) is 0 Å². The van der Waals surface area contributed by atoms with Gasteiger partial charge in [-0.05, 0) is 48.0 Å². The van der Waals surface area contributed by atoms with E-state index in [1.807, 2.05) is 0 Å². The second-order valence-electron chi connectivity index (χ2n) is 4.03. The zero-order valence-electron chi connectivity index (χ0n) is 10.2. The van der Waals surface area contributed by atoms with Gasteiger partial charge in [-0.2, -0.15) is 8.78 Å². The zero-order valence-corrected chi connectivity index (χ0v) is 11.0. The van der Waals surface area contributed by atoms with Crippen molar-refractivity contribution in [2.75, 3.05) is 5.32 Å². The van der Waals surface area contributed by atoms with E-state index < -0.39 is 12.4 Å². The second-order valence-corrected chi connectivity index (χ2v) is 4.47. The molecule has 0 radical (unpaired) electrons. The Morgan fingerprint density at radius 2 is 1.80 bits per heavy atom. The molecule has 0 atom stereocenters. The molecule has 0 heterocycles. The van der Waals surface area contributed by atoms with Crippen LogP contribution in [0.3, 0.4) is 0 Å². The van der Waals surface area contributed by atoms with E-state index in [1.165, 1.54) is 24.3 Å². The van der Waals surface area contributed by atoms with E-state index in [1.54, 1.807) is 18.2 Å². The summed E-state index contributed by atoms with van der Waals surface area (Å²) in [6.07, 6.45) is 0. The molecule has 0 aliphatic carbocycles. The molecular weight excluding hydrogens is 291 g/mol. The van der Waals surface area contributed by atoms with Crippen molar-refractivity contribution in [2.45, 2.75) is 13.2 Å². The Morgan fingerprint density at radius 1 is 1.10 bits per heavy atom. The lowest BCUT2D eigenvalue weighted by Crippen LogP contribution is -2.02. The lowest BCUT2D eigenvalue weighted by molar-refractivity contribution is -0.0498. The molecule has 2 nitrogen and oxygen atoms in total. The normalized spacial score (nSPS) is 10.7. The molecular formula is C14H11ClF3NO. The van der Waals surface area contributed by atoms with Crippen LogP contribution in [0.4, 0.5) is 18.9 Å². The number of anilines is 1. The van der Waals surface area contributed by atoms with Gasteiger partial charge in [0.15, 0.2) is 0 Å². The Bertz CT molecular complexity index is 555. The Kier molecular flexibility index (Phi) is 4.74. The molecule has 0 amide bonds. The highest BCUT2D eigenvalue weighted by atomic mass is 35.5. The van der Waals surface area contributed by atoms with Gasteiger partial charge in [-0.1, -0.05) is 11.6 Å².